The minimum Gasteiger partial charge on any atom is -0.497 e. The summed E-state index contributed by atoms with van der Waals surface area (Å²) in [6.45, 7) is 6.80. The summed E-state index contributed by atoms with van der Waals surface area (Å²) in [5.41, 5.74) is 4.84. The van der Waals surface area contributed by atoms with Crippen LogP contribution < -0.4 is 10.1 Å². The van der Waals surface area contributed by atoms with Gasteiger partial charge in [-0.2, -0.15) is 5.10 Å². The molecule has 0 fully saturated rings. The topological polar surface area (TPSA) is 95.1 Å². The molecule has 0 atom stereocenters. The molecule has 3 aromatic heterocycles. The molecular weight excluding hydrogens is 382 g/mol. The van der Waals surface area contributed by atoms with Crippen LogP contribution in [0.2, 0.25) is 0 Å². The summed E-state index contributed by atoms with van der Waals surface area (Å²) in [4.78, 5) is 17.4. The Balaban J connectivity index is 1.64. The van der Waals surface area contributed by atoms with E-state index in [1.165, 1.54) is 0 Å². The minimum absolute atomic E-state index is 0.209. The Morgan fingerprint density at radius 3 is 2.73 bits per heavy atom. The standard InChI is InChI=1S/C22H23N5O3/c1-13-11-18(21(28)23-8-9-27-15(3)10-14(2)25-27)19-20(26-30-22(19)24-13)16-6-5-7-17(12-16)29-4/h5-7,10-12H,8-9H2,1-4H3,(H,23,28). The van der Waals surface area contributed by atoms with Crippen molar-refractivity contribution in [3.05, 3.63) is 59.0 Å². The van der Waals surface area contributed by atoms with E-state index in [9.17, 15) is 4.79 Å². The molecule has 0 radical (unpaired) electrons. The molecule has 154 valence electrons. The number of hydrogen-bond acceptors (Lipinski definition) is 6. The summed E-state index contributed by atoms with van der Waals surface area (Å²) < 4.78 is 12.6. The molecule has 0 aliphatic carbocycles. The molecule has 4 rings (SSSR count). The molecule has 0 bridgehead atoms. The van der Waals surface area contributed by atoms with Gasteiger partial charge in [0.1, 0.15) is 11.4 Å². The van der Waals surface area contributed by atoms with Gasteiger partial charge in [-0.15, -0.1) is 0 Å². The van der Waals surface area contributed by atoms with Crippen molar-refractivity contribution in [1.82, 2.24) is 25.2 Å². The third kappa shape index (κ3) is 3.76. The van der Waals surface area contributed by atoms with Crippen LogP contribution in [0, 0.1) is 20.8 Å². The van der Waals surface area contributed by atoms with E-state index in [4.69, 9.17) is 9.26 Å². The van der Waals surface area contributed by atoms with Crippen LogP contribution in [-0.2, 0) is 6.54 Å². The first-order valence-electron chi connectivity index (χ1n) is 9.67. The maximum absolute atomic E-state index is 13.0. The number of ether oxygens (including phenoxy) is 1. The number of aromatic nitrogens is 4. The highest BCUT2D eigenvalue weighted by Crippen LogP contribution is 2.32. The highest BCUT2D eigenvalue weighted by Gasteiger charge is 2.21. The molecule has 0 saturated carbocycles. The van der Waals surface area contributed by atoms with Crippen LogP contribution in [0.3, 0.4) is 0 Å². The van der Waals surface area contributed by atoms with Crippen LogP contribution in [-0.4, -0.2) is 39.5 Å². The van der Waals surface area contributed by atoms with Crippen LogP contribution in [0.15, 0.2) is 40.9 Å². The van der Waals surface area contributed by atoms with E-state index in [-0.39, 0.29) is 5.91 Å². The fourth-order valence-corrected chi connectivity index (χ4v) is 3.49. The molecule has 8 nitrogen and oxygen atoms in total. The zero-order valence-corrected chi connectivity index (χ0v) is 17.4. The average molecular weight is 405 g/mol. The molecule has 0 aliphatic rings. The minimum atomic E-state index is -0.209. The zero-order chi connectivity index (χ0) is 21.3. The van der Waals surface area contributed by atoms with Crippen molar-refractivity contribution in [2.24, 2.45) is 0 Å². The molecule has 3 heterocycles. The van der Waals surface area contributed by atoms with E-state index in [1.807, 2.05) is 55.8 Å². The van der Waals surface area contributed by atoms with Crippen molar-refractivity contribution in [2.45, 2.75) is 27.3 Å². The molecule has 4 aromatic rings. The van der Waals surface area contributed by atoms with Crippen molar-refractivity contribution >= 4 is 17.0 Å². The lowest BCUT2D eigenvalue weighted by atomic mass is 10.0. The van der Waals surface area contributed by atoms with Gasteiger partial charge in [0.15, 0.2) is 0 Å². The molecule has 0 unspecified atom stereocenters. The number of fused-ring (bicyclic) bond motifs is 1. The second-order valence-corrected chi connectivity index (χ2v) is 7.16. The lowest BCUT2D eigenvalue weighted by Gasteiger charge is -2.09. The Bertz CT molecular complexity index is 1220. The van der Waals surface area contributed by atoms with Gasteiger partial charge < -0.3 is 14.6 Å². The summed E-state index contributed by atoms with van der Waals surface area (Å²) in [5.74, 6) is 0.485. The van der Waals surface area contributed by atoms with Crippen LogP contribution in [0.5, 0.6) is 5.75 Å². The fourth-order valence-electron chi connectivity index (χ4n) is 3.49. The second-order valence-electron chi connectivity index (χ2n) is 7.16. The highest BCUT2D eigenvalue weighted by molar-refractivity contribution is 6.09. The SMILES string of the molecule is COc1cccc(-c2noc3nc(C)cc(C(=O)NCCn4nc(C)cc4C)c23)c1. The van der Waals surface area contributed by atoms with E-state index in [2.05, 4.69) is 20.6 Å². The summed E-state index contributed by atoms with van der Waals surface area (Å²) in [6, 6.07) is 11.2. The number of rotatable bonds is 6. The Labute approximate surface area is 173 Å². The molecule has 0 saturated heterocycles. The number of aryl methyl sites for hydroxylation is 3. The number of methoxy groups -OCH3 is 1. The third-order valence-corrected chi connectivity index (χ3v) is 4.87. The fraction of sp³-hybridized carbons (Fsp3) is 0.273. The predicted octanol–water partition coefficient (Wildman–Crippen LogP) is 3.45. The zero-order valence-electron chi connectivity index (χ0n) is 17.4. The molecule has 30 heavy (non-hydrogen) atoms. The summed E-state index contributed by atoms with van der Waals surface area (Å²) >= 11 is 0. The van der Waals surface area contributed by atoms with Crippen molar-refractivity contribution in [3.8, 4) is 17.0 Å². The number of nitrogens with zero attached hydrogens (tertiary/aromatic N) is 4. The normalized spacial score (nSPS) is 11.1. The number of carbonyl (C=O) groups excluding carboxylic acids is 1. The predicted molar refractivity (Wildman–Crippen MR) is 113 cm³/mol. The van der Waals surface area contributed by atoms with Crippen molar-refractivity contribution < 1.29 is 14.1 Å². The number of amides is 1. The Morgan fingerprint density at radius 1 is 1.17 bits per heavy atom. The second kappa shape index (κ2) is 7.98. The van der Waals surface area contributed by atoms with Crippen molar-refractivity contribution in [1.29, 1.82) is 0 Å². The van der Waals surface area contributed by atoms with Crippen LogP contribution in [0.4, 0.5) is 0 Å². The van der Waals surface area contributed by atoms with Crippen LogP contribution in [0.1, 0.15) is 27.4 Å². The van der Waals surface area contributed by atoms with Gasteiger partial charge in [0.05, 0.1) is 30.3 Å². The molecule has 1 N–H and O–H groups in total. The number of pyridine rings is 1. The van der Waals surface area contributed by atoms with Gasteiger partial charge in [-0.1, -0.05) is 17.3 Å². The maximum Gasteiger partial charge on any atom is 0.259 e. The molecular formula is C22H23N5O3. The van der Waals surface area contributed by atoms with Crippen molar-refractivity contribution in [2.75, 3.05) is 13.7 Å². The van der Waals surface area contributed by atoms with Gasteiger partial charge in [0, 0.05) is 23.5 Å². The molecule has 1 amide bonds. The quantitative estimate of drug-likeness (QED) is 0.528. The van der Waals surface area contributed by atoms with E-state index in [0.717, 1.165) is 17.0 Å². The van der Waals surface area contributed by atoms with Gasteiger partial charge in [-0.05, 0) is 45.0 Å². The van der Waals surface area contributed by atoms with Crippen LogP contribution >= 0.6 is 0 Å². The monoisotopic (exact) mass is 405 g/mol. The van der Waals surface area contributed by atoms with Gasteiger partial charge in [-0.3, -0.25) is 9.48 Å². The highest BCUT2D eigenvalue weighted by atomic mass is 16.5. The molecule has 0 aliphatic heterocycles. The first-order valence-corrected chi connectivity index (χ1v) is 9.67. The number of hydrogen-bond donors (Lipinski definition) is 1. The first kappa shape index (κ1) is 19.6. The van der Waals surface area contributed by atoms with E-state index < -0.39 is 0 Å². The summed E-state index contributed by atoms with van der Waals surface area (Å²) in [5, 5.41) is 12.2. The average Bonchev–Trinajstić information content (AvgIpc) is 3.29. The molecule has 8 heteroatoms. The summed E-state index contributed by atoms with van der Waals surface area (Å²) in [7, 11) is 1.60. The van der Waals surface area contributed by atoms with Crippen molar-refractivity contribution in [3.63, 3.8) is 0 Å². The van der Waals surface area contributed by atoms with Crippen LogP contribution in [0.25, 0.3) is 22.4 Å². The lowest BCUT2D eigenvalue weighted by Crippen LogP contribution is -2.28. The van der Waals surface area contributed by atoms with Gasteiger partial charge in [0.2, 0.25) is 0 Å². The third-order valence-electron chi connectivity index (χ3n) is 4.87. The number of carbonyl (C=O) groups is 1. The lowest BCUT2D eigenvalue weighted by molar-refractivity contribution is 0.0953. The summed E-state index contributed by atoms with van der Waals surface area (Å²) in [6.07, 6.45) is 0. The van der Waals surface area contributed by atoms with Gasteiger partial charge in [0.25, 0.3) is 11.6 Å². The Morgan fingerprint density at radius 2 is 2.00 bits per heavy atom. The number of benzene rings is 1. The van der Waals surface area contributed by atoms with E-state index >= 15 is 0 Å². The first-order chi connectivity index (χ1) is 14.5. The Hall–Kier alpha value is -3.68. The smallest absolute Gasteiger partial charge is 0.259 e. The van der Waals surface area contributed by atoms with E-state index in [1.54, 1.807) is 13.2 Å². The van der Waals surface area contributed by atoms with Gasteiger partial charge in [-0.25, -0.2) is 4.98 Å². The number of nitrogens with one attached hydrogen (secondary N) is 1. The van der Waals surface area contributed by atoms with E-state index in [0.29, 0.717) is 46.9 Å². The largest absolute Gasteiger partial charge is 0.497 e. The Kier molecular flexibility index (Phi) is 5.22. The molecule has 0 spiro atoms. The maximum atomic E-state index is 13.0. The van der Waals surface area contributed by atoms with Gasteiger partial charge >= 0.3 is 0 Å². The molecule has 1 aromatic carbocycles.